The quantitative estimate of drug-likeness (QED) is 0.896. The van der Waals surface area contributed by atoms with Crippen LogP contribution in [0.4, 0.5) is 10.1 Å². The van der Waals surface area contributed by atoms with Gasteiger partial charge in [-0.3, -0.25) is 0 Å². The van der Waals surface area contributed by atoms with Crippen LogP contribution in [0.25, 0.3) is 0 Å². The number of rotatable bonds is 4. The first kappa shape index (κ1) is 14.8. The third-order valence-electron chi connectivity index (χ3n) is 4.59. The summed E-state index contributed by atoms with van der Waals surface area (Å²) in [6, 6.07) is 6.18. The molecule has 4 heteroatoms. The lowest BCUT2D eigenvalue weighted by Crippen LogP contribution is -2.28. The fourth-order valence-corrected chi connectivity index (χ4v) is 2.97. The molecule has 2 aliphatic rings. The maximum absolute atomic E-state index is 14.4. The van der Waals surface area contributed by atoms with Crippen LogP contribution in [0.2, 0.25) is 0 Å². The Balaban J connectivity index is 1.66. The van der Waals surface area contributed by atoms with Gasteiger partial charge in [0.1, 0.15) is 5.82 Å². The Morgan fingerprint density at radius 2 is 2.14 bits per heavy atom. The summed E-state index contributed by atoms with van der Waals surface area (Å²) >= 11 is 0. The molecule has 1 heterocycles. The Morgan fingerprint density at radius 1 is 1.33 bits per heavy atom. The second-order valence-electron chi connectivity index (χ2n) is 6.78. The van der Waals surface area contributed by atoms with Crippen molar-refractivity contribution in [3.63, 3.8) is 0 Å². The molecule has 1 aliphatic carbocycles. The van der Waals surface area contributed by atoms with Crippen LogP contribution in [0.3, 0.4) is 0 Å². The molecular weight excluding hydrogens is 267 g/mol. The number of halogens is 1. The van der Waals surface area contributed by atoms with Gasteiger partial charge in [-0.05, 0) is 56.7 Å². The van der Waals surface area contributed by atoms with E-state index in [1.165, 1.54) is 12.8 Å². The third-order valence-corrected chi connectivity index (χ3v) is 4.59. The molecule has 21 heavy (non-hydrogen) atoms. The van der Waals surface area contributed by atoms with E-state index >= 15 is 0 Å². The molecule has 1 saturated heterocycles. The van der Waals surface area contributed by atoms with Crippen LogP contribution in [0.15, 0.2) is 18.2 Å². The molecule has 0 radical (unpaired) electrons. The number of hydrogen-bond acceptors (Lipinski definition) is 3. The highest BCUT2D eigenvalue weighted by Crippen LogP contribution is 2.28. The molecule has 3 nitrogen and oxygen atoms in total. The van der Waals surface area contributed by atoms with Crippen LogP contribution in [-0.2, 0) is 6.54 Å². The molecule has 3 rings (SSSR count). The van der Waals surface area contributed by atoms with Gasteiger partial charge in [0.15, 0.2) is 0 Å². The Bertz CT molecular complexity index is 500. The van der Waals surface area contributed by atoms with Crippen LogP contribution in [0, 0.1) is 5.82 Å². The number of nitrogens with one attached hydrogen (secondary N) is 1. The van der Waals surface area contributed by atoms with Crippen LogP contribution < -0.4 is 10.2 Å². The van der Waals surface area contributed by atoms with Gasteiger partial charge in [0, 0.05) is 25.7 Å². The van der Waals surface area contributed by atoms with E-state index < -0.39 is 5.60 Å². The van der Waals surface area contributed by atoms with Gasteiger partial charge in [0.2, 0.25) is 0 Å². The molecule has 1 aromatic carbocycles. The number of benzene rings is 1. The summed E-state index contributed by atoms with van der Waals surface area (Å²) in [6.45, 7) is 4.15. The second kappa shape index (κ2) is 5.93. The molecule has 116 valence electrons. The number of nitrogens with zero attached hydrogens (tertiary/aromatic N) is 1. The first-order chi connectivity index (χ1) is 10.0. The number of hydrogen-bond donors (Lipinski definition) is 2. The van der Waals surface area contributed by atoms with Gasteiger partial charge in [0.05, 0.1) is 11.3 Å². The minimum absolute atomic E-state index is 0.147. The van der Waals surface area contributed by atoms with E-state index in [1.54, 1.807) is 6.07 Å². The Morgan fingerprint density at radius 3 is 2.86 bits per heavy atom. The van der Waals surface area contributed by atoms with Crippen molar-refractivity contribution < 1.29 is 9.50 Å². The van der Waals surface area contributed by atoms with Gasteiger partial charge in [-0.25, -0.2) is 4.39 Å². The standard InChI is InChI=1S/C17H25FN2O/c1-17(21)7-2-9-20(10-8-17)16-6-3-13(11-15(16)18)12-19-14-4-5-14/h3,6,11,14,19,21H,2,4-5,7-10,12H2,1H3. The van der Waals surface area contributed by atoms with Gasteiger partial charge < -0.3 is 15.3 Å². The second-order valence-corrected chi connectivity index (χ2v) is 6.78. The van der Waals surface area contributed by atoms with E-state index in [0.717, 1.165) is 31.5 Å². The van der Waals surface area contributed by atoms with E-state index in [1.807, 2.05) is 19.1 Å². The summed E-state index contributed by atoms with van der Waals surface area (Å²) in [5.74, 6) is -0.147. The van der Waals surface area contributed by atoms with Crippen molar-refractivity contribution in [3.05, 3.63) is 29.6 Å². The molecule has 1 unspecified atom stereocenters. The van der Waals surface area contributed by atoms with Crippen molar-refractivity contribution in [3.8, 4) is 0 Å². The Kier molecular flexibility index (Phi) is 4.18. The highest BCUT2D eigenvalue weighted by atomic mass is 19.1. The summed E-state index contributed by atoms with van der Waals surface area (Å²) in [5, 5.41) is 13.5. The van der Waals surface area contributed by atoms with Crippen molar-refractivity contribution in [1.82, 2.24) is 5.32 Å². The lowest BCUT2D eigenvalue weighted by Gasteiger charge is -2.25. The van der Waals surface area contributed by atoms with Gasteiger partial charge in [-0.2, -0.15) is 0 Å². The molecule has 0 aromatic heterocycles. The summed E-state index contributed by atoms with van der Waals surface area (Å²) in [4.78, 5) is 2.06. The smallest absolute Gasteiger partial charge is 0.146 e. The first-order valence-corrected chi connectivity index (χ1v) is 8.03. The molecule has 0 spiro atoms. The SMILES string of the molecule is CC1(O)CCCN(c2ccc(CNC3CC3)cc2F)CC1. The third kappa shape index (κ3) is 3.95. The van der Waals surface area contributed by atoms with Gasteiger partial charge >= 0.3 is 0 Å². The van der Waals surface area contributed by atoms with Crippen molar-refractivity contribution in [1.29, 1.82) is 0 Å². The molecule has 0 amide bonds. The van der Waals surface area contributed by atoms with Gasteiger partial charge in [-0.1, -0.05) is 6.07 Å². The van der Waals surface area contributed by atoms with E-state index in [0.29, 0.717) is 24.7 Å². The molecule has 1 aromatic rings. The maximum Gasteiger partial charge on any atom is 0.146 e. The fourth-order valence-electron chi connectivity index (χ4n) is 2.97. The zero-order valence-electron chi connectivity index (χ0n) is 12.7. The Labute approximate surface area is 126 Å². The zero-order valence-corrected chi connectivity index (χ0v) is 12.7. The van der Waals surface area contributed by atoms with Crippen molar-refractivity contribution in [2.24, 2.45) is 0 Å². The van der Waals surface area contributed by atoms with Gasteiger partial charge in [-0.15, -0.1) is 0 Å². The van der Waals surface area contributed by atoms with E-state index in [9.17, 15) is 9.50 Å². The monoisotopic (exact) mass is 292 g/mol. The normalized spacial score (nSPS) is 26.7. The van der Waals surface area contributed by atoms with E-state index in [-0.39, 0.29) is 5.82 Å². The van der Waals surface area contributed by atoms with E-state index in [4.69, 9.17) is 0 Å². The average molecular weight is 292 g/mol. The van der Waals surface area contributed by atoms with E-state index in [2.05, 4.69) is 10.2 Å². The Hall–Kier alpha value is -1.13. The molecular formula is C17H25FN2O. The van der Waals surface area contributed by atoms with Crippen molar-refractivity contribution in [2.75, 3.05) is 18.0 Å². The molecule has 1 saturated carbocycles. The summed E-state index contributed by atoms with van der Waals surface area (Å²) in [6.07, 6.45) is 4.87. The lowest BCUT2D eigenvalue weighted by atomic mass is 9.98. The van der Waals surface area contributed by atoms with Gasteiger partial charge in [0.25, 0.3) is 0 Å². The molecule has 0 bridgehead atoms. The summed E-state index contributed by atoms with van der Waals surface area (Å²) < 4.78 is 14.4. The number of anilines is 1. The zero-order chi connectivity index (χ0) is 14.9. The highest BCUT2D eigenvalue weighted by Gasteiger charge is 2.26. The minimum Gasteiger partial charge on any atom is -0.390 e. The summed E-state index contributed by atoms with van der Waals surface area (Å²) in [5.41, 5.74) is 1.06. The topological polar surface area (TPSA) is 35.5 Å². The van der Waals surface area contributed by atoms with Crippen LogP contribution in [0.1, 0.15) is 44.6 Å². The first-order valence-electron chi connectivity index (χ1n) is 8.03. The van der Waals surface area contributed by atoms with Crippen LogP contribution >= 0.6 is 0 Å². The van der Waals surface area contributed by atoms with Crippen molar-refractivity contribution in [2.45, 2.75) is 57.2 Å². The fraction of sp³-hybridized carbons (Fsp3) is 0.647. The maximum atomic E-state index is 14.4. The van der Waals surface area contributed by atoms with Crippen LogP contribution in [0.5, 0.6) is 0 Å². The predicted molar refractivity (Wildman–Crippen MR) is 82.9 cm³/mol. The largest absolute Gasteiger partial charge is 0.390 e. The lowest BCUT2D eigenvalue weighted by molar-refractivity contribution is 0.0481. The minimum atomic E-state index is -0.612. The molecule has 2 fully saturated rings. The summed E-state index contributed by atoms with van der Waals surface area (Å²) in [7, 11) is 0. The predicted octanol–water partition coefficient (Wildman–Crippen LogP) is 2.82. The molecule has 1 aliphatic heterocycles. The number of aliphatic hydroxyl groups is 1. The molecule has 1 atom stereocenters. The average Bonchev–Trinajstić information content (AvgIpc) is 3.25. The van der Waals surface area contributed by atoms with Crippen molar-refractivity contribution >= 4 is 5.69 Å². The highest BCUT2D eigenvalue weighted by molar-refractivity contribution is 5.49. The van der Waals surface area contributed by atoms with Crippen LogP contribution in [-0.4, -0.2) is 29.8 Å². The molecule has 2 N–H and O–H groups in total.